The molecule has 1 aliphatic rings. The lowest BCUT2D eigenvalue weighted by molar-refractivity contribution is -0.133. The van der Waals surface area contributed by atoms with Gasteiger partial charge in [0.2, 0.25) is 5.91 Å². The van der Waals surface area contributed by atoms with E-state index in [1.807, 2.05) is 25.1 Å². The van der Waals surface area contributed by atoms with Crippen LogP contribution in [-0.4, -0.2) is 49.6 Å². The SMILES string of the molecule is CNC(=O)C1(COC)CCCN1C(=O)c1cc2cccc(C)c2o1. The molecule has 0 saturated carbocycles. The number of furan rings is 1. The predicted molar refractivity (Wildman–Crippen MR) is 89.9 cm³/mol. The molecule has 1 fully saturated rings. The van der Waals surface area contributed by atoms with Crippen molar-refractivity contribution < 1.29 is 18.7 Å². The molecule has 2 heterocycles. The molecule has 1 unspecified atom stereocenters. The Morgan fingerprint density at radius 2 is 2.21 bits per heavy atom. The summed E-state index contributed by atoms with van der Waals surface area (Å²) in [6, 6.07) is 7.52. The quantitative estimate of drug-likeness (QED) is 0.932. The van der Waals surface area contributed by atoms with Crippen LogP contribution >= 0.6 is 0 Å². The van der Waals surface area contributed by atoms with Crippen molar-refractivity contribution in [1.29, 1.82) is 0 Å². The third-order valence-corrected chi connectivity index (χ3v) is 4.72. The number of likely N-dealkylation sites (tertiary alicyclic amines) is 1. The third-order valence-electron chi connectivity index (χ3n) is 4.72. The molecule has 1 aliphatic heterocycles. The second-order valence-corrected chi connectivity index (χ2v) is 6.21. The number of fused-ring (bicyclic) bond motifs is 1. The lowest BCUT2D eigenvalue weighted by atomic mass is 9.95. The molecule has 1 aromatic heterocycles. The molecule has 0 aliphatic carbocycles. The third kappa shape index (κ3) is 2.47. The number of benzene rings is 1. The van der Waals surface area contributed by atoms with E-state index >= 15 is 0 Å². The molecule has 1 aromatic carbocycles. The Morgan fingerprint density at radius 3 is 2.88 bits per heavy atom. The highest BCUT2D eigenvalue weighted by molar-refractivity contribution is 6.00. The van der Waals surface area contributed by atoms with Gasteiger partial charge in [-0.05, 0) is 31.4 Å². The standard InChI is InChI=1S/C18H22N2O4/c1-12-6-4-7-13-10-14(24-15(12)13)16(21)20-9-5-8-18(20,11-23-3)17(22)19-2/h4,6-7,10H,5,8-9,11H2,1-3H3,(H,19,22). The van der Waals surface area contributed by atoms with Crippen molar-refractivity contribution in [1.82, 2.24) is 10.2 Å². The van der Waals surface area contributed by atoms with Crippen molar-refractivity contribution in [3.8, 4) is 0 Å². The molecule has 2 aromatic rings. The highest BCUT2D eigenvalue weighted by atomic mass is 16.5. The van der Waals surface area contributed by atoms with Crippen molar-refractivity contribution >= 4 is 22.8 Å². The van der Waals surface area contributed by atoms with Gasteiger partial charge in [-0.1, -0.05) is 18.2 Å². The Labute approximate surface area is 140 Å². The van der Waals surface area contributed by atoms with E-state index in [1.165, 1.54) is 7.11 Å². The molecule has 0 bridgehead atoms. The van der Waals surface area contributed by atoms with Gasteiger partial charge in [-0.15, -0.1) is 0 Å². The molecular formula is C18H22N2O4. The average molecular weight is 330 g/mol. The smallest absolute Gasteiger partial charge is 0.290 e. The minimum absolute atomic E-state index is 0.164. The van der Waals surface area contributed by atoms with Crippen LogP contribution in [-0.2, 0) is 9.53 Å². The van der Waals surface area contributed by atoms with Crippen molar-refractivity contribution in [2.24, 2.45) is 0 Å². The molecule has 3 rings (SSSR count). The molecule has 1 saturated heterocycles. The number of ether oxygens (including phenoxy) is 1. The van der Waals surface area contributed by atoms with Gasteiger partial charge in [0.05, 0.1) is 6.61 Å². The Balaban J connectivity index is 2.00. The molecule has 1 N–H and O–H groups in total. The summed E-state index contributed by atoms with van der Waals surface area (Å²) in [5.74, 6) is -0.225. The number of rotatable bonds is 4. The fraction of sp³-hybridized carbons (Fsp3) is 0.444. The summed E-state index contributed by atoms with van der Waals surface area (Å²) in [5, 5.41) is 3.55. The van der Waals surface area contributed by atoms with Crippen LogP contribution in [0.15, 0.2) is 28.7 Å². The highest BCUT2D eigenvalue weighted by Gasteiger charge is 2.50. The lowest BCUT2D eigenvalue weighted by Crippen LogP contribution is -2.59. The van der Waals surface area contributed by atoms with E-state index in [2.05, 4.69) is 5.32 Å². The van der Waals surface area contributed by atoms with Gasteiger partial charge >= 0.3 is 0 Å². The van der Waals surface area contributed by atoms with Gasteiger partial charge in [0, 0.05) is 26.1 Å². The van der Waals surface area contributed by atoms with Gasteiger partial charge in [0.15, 0.2) is 5.76 Å². The molecule has 1 atom stereocenters. The number of aryl methyl sites for hydroxylation is 1. The minimum atomic E-state index is -0.978. The maximum atomic E-state index is 13.0. The van der Waals surface area contributed by atoms with Crippen LogP contribution in [0.2, 0.25) is 0 Å². The van der Waals surface area contributed by atoms with Gasteiger partial charge in [-0.25, -0.2) is 0 Å². The molecule has 0 spiro atoms. The number of nitrogens with one attached hydrogen (secondary N) is 1. The van der Waals surface area contributed by atoms with Crippen LogP contribution in [0.3, 0.4) is 0 Å². The summed E-state index contributed by atoms with van der Waals surface area (Å²) in [6.45, 7) is 2.61. The van der Waals surface area contributed by atoms with E-state index in [0.717, 1.165) is 17.4 Å². The molecular weight excluding hydrogens is 308 g/mol. The van der Waals surface area contributed by atoms with Crippen LogP contribution in [0, 0.1) is 6.92 Å². The largest absolute Gasteiger partial charge is 0.451 e. The maximum absolute atomic E-state index is 13.0. The summed E-state index contributed by atoms with van der Waals surface area (Å²) in [6.07, 6.45) is 1.33. The van der Waals surface area contributed by atoms with E-state index in [4.69, 9.17) is 9.15 Å². The van der Waals surface area contributed by atoms with Gasteiger partial charge in [-0.2, -0.15) is 0 Å². The number of amides is 2. The molecule has 2 amide bonds. The van der Waals surface area contributed by atoms with E-state index in [1.54, 1.807) is 18.0 Å². The monoisotopic (exact) mass is 330 g/mol. The Hall–Kier alpha value is -2.34. The summed E-state index contributed by atoms with van der Waals surface area (Å²) in [5.41, 5.74) is 0.703. The first-order valence-electron chi connectivity index (χ1n) is 8.06. The van der Waals surface area contributed by atoms with E-state index in [0.29, 0.717) is 18.5 Å². The molecule has 0 radical (unpaired) electrons. The second kappa shape index (κ2) is 6.28. The molecule has 6 nitrogen and oxygen atoms in total. The van der Waals surface area contributed by atoms with Crippen molar-refractivity contribution in [3.63, 3.8) is 0 Å². The first-order valence-corrected chi connectivity index (χ1v) is 8.06. The topological polar surface area (TPSA) is 71.8 Å². The van der Waals surface area contributed by atoms with Crippen molar-refractivity contribution in [2.75, 3.05) is 27.3 Å². The normalized spacial score (nSPS) is 20.5. The number of hydrogen-bond donors (Lipinski definition) is 1. The van der Waals surface area contributed by atoms with Crippen LogP contribution < -0.4 is 5.32 Å². The number of hydrogen-bond acceptors (Lipinski definition) is 4. The Bertz CT molecular complexity index is 782. The molecule has 6 heteroatoms. The van der Waals surface area contributed by atoms with Crippen LogP contribution in [0.1, 0.15) is 29.0 Å². The zero-order valence-electron chi connectivity index (χ0n) is 14.2. The van der Waals surface area contributed by atoms with Crippen LogP contribution in [0.4, 0.5) is 0 Å². The van der Waals surface area contributed by atoms with Crippen LogP contribution in [0.25, 0.3) is 11.0 Å². The zero-order valence-corrected chi connectivity index (χ0v) is 14.2. The first-order chi connectivity index (χ1) is 11.5. The van der Waals surface area contributed by atoms with Crippen LogP contribution in [0.5, 0.6) is 0 Å². The number of likely N-dealkylation sites (N-methyl/N-ethyl adjacent to an activating group) is 1. The zero-order chi connectivity index (χ0) is 17.3. The van der Waals surface area contributed by atoms with Gasteiger partial charge in [-0.3, -0.25) is 9.59 Å². The van der Waals surface area contributed by atoms with Crippen molar-refractivity contribution in [2.45, 2.75) is 25.3 Å². The Kier molecular flexibility index (Phi) is 4.32. The average Bonchev–Trinajstić information content (AvgIpc) is 3.19. The number of carbonyl (C=O) groups excluding carboxylic acids is 2. The summed E-state index contributed by atoms with van der Waals surface area (Å²) >= 11 is 0. The number of methoxy groups -OCH3 is 1. The fourth-order valence-electron chi connectivity index (χ4n) is 3.55. The summed E-state index contributed by atoms with van der Waals surface area (Å²) in [4.78, 5) is 27.1. The molecule has 128 valence electrons. The summed E-state index contributed by atoms with van der Waals surface area (Å²) in [7, 11) is 3.11. The predicted octanol–water partition coefficient (Wildman–Crippen LogP) is 2.11. The number of para-hydroxylation sites is 1. The van der Waals surface area contributed by atoms with Crippen molar-refractivity contribution in [3.05, 3.63) is 35.6 Å². The van der Waals surface area contributed by atoms with E-state index in [-0.39, 0.29) is 24.2 Å². The minimum Gasteiger partial charge on any atom is -0.451 e. The Morgan fingerprint density at radius 1 is 1.42 bits per heavy atom. The van der Waals surface area contributed by atoms with Gasteiger partial charge in [0.25, 0.3) is 5.91 Å². The van der Waals surface area contributed by atoms with E-state index in [9.17, 15) is 9.59 Å². The highest BCUT2D eigenvalue weighted by Crippen LogP contribution is 2.33. The molecule has 24 heavy (non-hydrogen) atoms. The number of nitrogens with zero attached hydrogens (tertiary/aromatic N) is 1. The van der Waals surface area contributed by atoms with E-state index < -0.39 is 5.54 Å². The van der Waals surface area contributed by atoms with Gasteiger partial charge < -0.3 is 19.4 Å². The maximum Gasteiger partial charge on any atom is 0.290 e. The lowest BCUT2D eigenvalue weighted by Gasteiger charge is -2.35. The summed E-state index contributed by atoms with van der Waals surface area (Å²) < 4.78 is 11.1. The second-order valence-electron chi connectivity index (χ2n) is 6.21. The number of carbonyl (C=O) groups is 2. The van der Waals surface area contributed by atoms with Gasteiger partial charge in [0.1, 0.15) is 11.1 Å². The fourth-order valence-corrected chi connectivity index (χ4v) is 3.55. The first kappa shape index (κ1) is 16.5.